The minimum atomic E-state index is -0.276. The van der Waals surface area contributed by atoms with Gasteiger partial charge in [-0.2, -0.15) is 0 Å². The first kappa shape index (κ1) is 16.7. The van der Waals surface area contributed by atoms with E-state index in [1.165, 1.54) is 13.2 Å². The number of nitrogens with one attached hydrogen (secondary N) is 1. The van der Waals surface area contributed by atoms with Crippen molar-refractivity contribution in [2.45, 2.75) is 13.0 Å². The van der Waals surface area contributed by atoms with E-state index in [-0.39, 0.29) is 30.1 Å². The molecule has 1 fully saturated rings. The number of esters is 1. The summed E-state index contributed by atoms with van der Waals surface area (Å²) in [5.41, 5.74) is 1.75. The van der Waals surface area contributed by atoms with E-state index in [0.717, 1.165) is 11.1 Å². The van der Waals surface area contributed by atoms with Gasteiger partial charge in [-0.25, -0.2) is 0 Å². The molecular formula is C17H20N2O4. The number of ether oxygens (including phenoxy) is 1. The van der Waals surface area contributed by atoms with E-state index in [0.29, 0.717) is 19.6 Å². The standard InChI is InChI=1S/C17H20N2O4/c1-3-15(20)18-9-13-7-5-4-6-12(13)8-16(21)19-10-14(11-19)17(22)23-2/h3-7,14H,1,8-11H2,2H3,(H,18,20). The van der Waals surface area contributed by atoms with Crippen LogP contribution in [-0.2, 0) is 32.1 Å². The minimum Gasteiger partial charge on any atom is -0.469 e. The smallest absolute Gasteiger partial charge is 0.312 e. The molecule has 1 saturated heterocycles. The summed E-state index contributed by atoms with van der Waals surface area (Å²) < 4.78 is 4.66. The van der Waals surface area contributed by atoms with Gasteiger partial charge in [0.2, 0.25) is 11.8 Å². The second kappa shape index (κ2) is 7.58. The van der Waals surface area contributed by atoms with Crippen LogP contribution in [0.3, 0.4) is 0 Å². The fourth-order valence-electron chi connectivity index (χ4n) is 2.43. The zero-order chi connectivity index (χ0) is 16.8. The maximum absolute atomic E-state index is 12.3. The zero-order valence-corrected chi connectivity index (χ0v) is 13.1. The first-order chi connectivity index (χ1) is 11.0. The topological polar surface area (TPSA) is 75.7 Å². The molecule has 1 aromatic rings. The maximum atomic E-state index is 12.3. The quantitative estimate of drug-likeness (QED) is 0.618. The van der Waals surface area contributed by atoms with E-state index in [9.17, 15) is 14.4 Å². The number of rotatable bonds is 6. The number of hydrogen-bond donors (Lipinski definition) is 1. The monoisotopic (exact) mass is 316 g/mol. The third-order valence-corrected chi connectivity index (χ3v) is 3.87. The van der Waals surface area contributed by atoms with Gasteiger partial charge in [-0.15, -0.1) is 0 Å². The van der Waals surface area contributed by atoms with Crippen molar-refractivity contribution < 1.29 is 19.1 Å². The van der Waals surface area contributed by atoms with Crippen LogP contribution >= 0.6 is 0 Å². The van der Waals surface area contributed by atoms with E-state index in [4.69, 9.17) is 0 Å². The van der Waals surface area contributed by atoms with Crippen LogP contribution in [0.1, 0.15) is 11.1 Å². The Balaban J connectivity index is 1.93. The Morgan fingerprint density at radius 1 is 1.30 bits per heavy atom. The fourth-order valence-corrected chi connectivity index (χ4v) is 2.43. The highest BCUT2D eigenvalue weighted by Crippen LogP contribution is 2.19. The Hall–Kier alpha value is -2.63. The molecule has 0 aliphatic carbocycles. The van der Waals surface area contributed by atoms with E-state index in [1.807, 2.05) is 24.3 Å². The Kier molecular flexibility index (Phi) is 5.51. The van der Waals surface area contributed by atoms with Gasteiger partial charge in [-0.1, -0.05) is 30.8 Å². The van der Waals surface area contributed by atoms with Gasteiger partial charge in [0.05, 0.1) is 19.4 Å². The second-order valence-electron chi connectivity index (χ2n) is 5.39. The van der Waals surface area contributed by atoms with E-state index in [1.54, 1.807) is 4.90 Å². The van der Waals surface area contributed by atoms with Crippen molar-refractivity contribution in [3.63, 3.8) is 0 Å². The number of amides is 2. The minimum absolute atomic E-state index is 0.0346. The lowest BCUT2D eigenvalue weighted by Crippen LogP contribution is -2.53. The first-order valence-electron chi connectivity index (χ1n) is 7.37. The van der Waals surface area contributed by atoms with Crippen LogP contribution in [0.2, 0.25) is 0 Å². The highest BCUT2D eigenvalue weighted by atomic mass is 16.5. The largest absolute Gasteiger partial charge is 0.469 e. The SMILES string of the molecule is C=CC(=O)NCc1ccccc1CC(=O)N1CC(C(=O)OC)C1. The Bertz CT molecular complexity index is 621. The normalized spacial score (nSPS) is 13.9. The van der Waals surface area contributed by atoms with Crippen molar-refractivity contribution in [1.82, 2.24) is 10.2 Å². The molecule has 1 aliphatic heterocycles. The third-order valence-electron chi connectivity index (χ3n) is 3.87. The number of methoxy groups -OCH3 is 1. The highest BCUT2D eigenvalue weighted by Gasteiger charge is 2.36. The Labute approximate surface area is 135 Å². The van der Waals surface area contributed by atoms with E-state index < -0.39 is 0 Å². The summed E-state index contributed by atoms with van der Waals surface area (Å²) in [7, 11) is 1.35. The summed E-state index contributed by atoms with van der Waals surface area (Å²) in [6.07, 6.45) is 1.45. The van der Waals surface area contributed by atoms with Gasteiger partial charge in [-0.05, 0) is 17.2 Å². The molecule has 0 atom stereocenters. The molecule has 0 bridgehead atoms. The number of likely N-dealkylation sites (tertiary alicyclic amines) is 1. The molecule has 0 spiro atoms. The number of benzene rings is 1. The van der Waals surface area contributed by atoms with Crippen LogP contribution in [0, 0.1) is 5.92 Å². The molecule has 122 valence electrons. The predicted molar refractivity (Wildman–Crippen MR) is 84.3 cm³/mol. The molecule has 0 aromatic heterocycles. The van der Waals surface area contributed by atoms with Gasteiger partial charge in [0, 0.05) is 19.6 Å². The van der Waals surface area contributed by atoms with Crippen LogP contribution in [0.25, 0.3) is 0 Å². The molecule has 0 radical (unpaired) electrons. The average molecular weight is 316 g/mol. The molecule has 1 N–H and O–H groups in total. The van der Waals surface area contributed by atoms with Crippen LogP contribution in [0.15, 0.2) is 36.9 Å². The molecule has 2 rings (SSSR count). The molecule has 23 heavy (non-hydrogen) atoms. The molecule has 1 heterocycles. The van der Waals surface area contributed by atoms with Crippen LogP contribution in [0.5, 0.6) is 0 Å². The van der Waals surface area contributed by atoms with Crippen molar-refractivity contribution in [3.8, 4) is 0 Å². The summed E-state index contributed by atoms with van der Waals surface area (Å²) in [5, 5.41) is 2.71. The lowest BCUT2D eigenvalue weighted by molar-refractivity contribution is -0.155. The van der Waals surface area contributed by atoms with Gasteiger partial charge in [0.15, 0.2) is 0 Å². The Morgan fingerprint density at radius 2 is 1.96 bits per heavy atom. The van der Waals surface area contributed by atoms with E-state index in [2.05, 4.69) is 16.6 Å². The molecule has 1 aromatic carbocycles. The van der Waals surface area contributed by atoms with Crippen molar-refractivity contribution >= 4 is 17.8 Å². The number of hydrogen-bond acceptors (Lipinski definition) is 4. The molecular weight excluding hydrogens is 296 g/mol. The fraction of sp³-hybridized carbons (Fsp3) is 0.353. The van der Waals surface area contributed by atoms with Crippen molar-refractivity contribution in [2.24, 2.45) is 5.92 Å². The van der Waals surface area contributed by atoms with Gasteiger partial charge >= 0.3 is 5.97 Å². The number of carbonyl (C=O) groups excluding carboxylic acids is 3. The molecule has 6 nitrogen and oxygen atoms in total. The lowest BCUT2D eigenvalue weighted by atomic mass is 9.98. The zero-order valence-electron chi connectivity index (χ0n) is 13.1. The van der Waals surface area contributed by atoms with E-state index >= 15 is 0 Å². The first-order valence-corrected chi connectivity index (χ1v) is 7.37. The molecule has 0 unspecified atom stereocenters. The molecule has 0 saturated carbocycles. The molecule has 1 aliphatic rings. The summed E-state index contributed by atoms with van der Waals surface area (Å²) in [6, 6.07) is 7.46. The third kappa shape index (κ3) is 4.18. The maximum Gasteiger partial charge on any atom is 0.312 e. The van der Waals surface area contributed by atoms with Crippen molar-refractivity contribution in [1.29, 1.82) is 0 Å². The van der Waals surface area contributed by atoms with Gasteiger partial charge in [0.1, 0.15) is 0 Å². The molecule has 2 amide bonds. The van der Waals surface area contributed by atoms with Crippen LogP contribution in [0.4, 0.5) is 0 Å². The van der Waals surface area contributed by atoms with Gasteiger partial charge < -0.3 is 15.0 Å². The number of nitrogens with zero attached hydrogens (tertiary/aromatic N) is 1. The summed E-state index contributed by atoms with van der Waals surface area (Å²) in [6.45, 7) is 4.56. The lowest BCUT2D eigenvalue weighted by Gasteiger charge is -2.37. The van der Waals surface area contributed by atoms with Crippen molar-refractivity contribution in [2.75, 3.05) is 20.2 Å². The summed E-state index contributed by atoms with van der Waals surface area (Å²) in [4.78, 5) is 36.5. The summed E-state index contributed by atoms with van der Waals surface area (Å²) >= 11 is 0. The van der Waals surface area contributed by atoms with Crippen LogP contribution < -0.4 is 5.32 Å². The number of carbonyl (C=O) groups is 3. The second-order valence-corrected chi connectivity index (χ2v) is 5.39. The highest BCUT2D eigenvalue weighted by molar-refractivity contribution is 5.87. The van der Waals surface area contributed by atoms with Gasteiger partial charge in [0.25, 0.3) is 0 Å². The van der Waals surface area contributed by atoms with Crippen molar-refractivity contribution in [3.05, 3.63) is 48.0 Å². The Morgan fingerprint density at radius 3 is 2.57 bits per heavy atom. The molecule has 6 heteroatoms. The predicted octanol–water partition coefficient (Wildman–Crippen LogP) is 0.663. The van der Waals surface area contributed by atoms with Crippen LogP contribution in [-0.4, -0.2) is 42.9 Å². The van der Waals surface area contributed by atoms with Gasteiger partial charge in [-0.3, -0.25) is 14.4 Å². The average Bonchev–Trinajstić information content (AvgIpc) is 2.52. The summed E-state index contributed by atoms with van der Waals surface area (Å²) in [5.74, 6) is -0.782.